The second kappa shape index (κ2) is 4.34. The molecule has 0 saturated heterocycles. The summed E-state index contributed by atoms with van der Waals surface area (Å²) in [4.78, 5) is 0. The lowest BCUT2D eigenvalue weighted by Gasteiger charge is -2.10. The van der Waals surface area contributed by atoms with Gasteiger partial charge in [-0.3, -0.25) is 4.68 Å². The summed E-state index contributed by atoms with van der Waals surface area (Å²) in [5.74, 6) is 1.42. The quantitative estimate of drug-likeness (QED) is 0.890. The number of aromatic nitrogens is 2. The molecule has 0 bridgehead atoms. The van der Waals surface area contributed by atoms with Crippen molar-refractivity contribution in [2.24, 2.45) is 7.05 Å². The van der Waals surface area contributed by atoms with E-state index < -0.39 is 6.10 Å². The van der Waals surface area contributed by atoms with Crippen molar-refractivity contribution in [3.63, 3.8) is 0 Å². The van der Waals surface area contributed by atoms with Gasteiger partial charge in [0, 0.05) is 19.7 Å². The maximum absolute atomic E-state index is 10.2. The molecule has 0 radical (unpaired) electrons. The van der Waals surface area contributed by atoms with Crippen molar-refractivity contribution < 1.29 is 14.6 Å². The van der Waals surface area contributed by atoms with Gasteiger partial charge in [0.05, 0.1) is 12.3 Å². The molecular formula is C13H14N2O3. The van der Waals surface area contributed by atoms with Crippen molar-refractivity contribution in [3.8, 4) is 11.5 Å². The fourth-order valence-corrected chi connectivity index (χ4v) is 2.04. The normalized spacial score (nSPS) is 14.8. The Morgan fingerprint density at radius 2 is 2.22 bits per heavy atom. The molecule has 1 N–H and O–H groups in total. The number of ether oxygens (including phenoxy) is 2. The number of fused-ring (bicyclic) bond motifs is 1. The van der Waals surface area contributed by atoms with Crippen LogP contribution in [0.4, 0.5) is 0 Å². The molecule has 3 rings (SSSR count). The molecule has 18 heavy (non-hydrogen) atoms. The predicted molar refractivity (Wildman–Crippen MR) is 64.4 cm³/mol. The van der Waals surface area contributed by atoms with Crippen LogP contribution < -0.4 is 9.47 Å². The number of aryl methyl sites for hydroxylation is 1. The zero-order valence-electron chi connectivity index (χ0n) is 10.0. The van der Waals surface area contributed by atoms with Crippen LogP contribution in [0.3, 0.4) is 0 Å². The Morgan fingerprint density at radius 3 is 3.00 bits per heavy atom. The maximum Gasteiger partial charge on any atom is 0.231 e. The lowest BCUT2D eigenvalue weighted by Crippen LogP contribution is -2.01. The number of benzene rings is 1. The highest BCUT2D eigenvalue weighted by Gasteiger charge is 2.17. The second-order valence-electron chi connectivity index (χ2n) is 4.35. The molecule has 5 nitrogen and oxygen atoms in total. The summed E-state index contributed by atoms with van der Waals surface area (Å²) in [6.45, 7) is 0.248. The number of rotatable bonds is 3. The van der Waals surface area contributed by atoms with E-state index in [-0.39, 0.29) is 6.79 Å². The summed E-state index contributed by atoms with van der Waals surface area (Å²) < 4.78 is 12.3. The van der Waals surface area contributed by atoms with E-state index in [0.29, 0.717) is 12.2 Å². The van der Waals surface area contributed by atoms with E-state index in [9.17, 15) is 5.11 Å². The summed E-state index contributed by atoms with van der Waals surface area (Å²) in [5, 5.41) is 14.3. The zero-order valence-corrected chi connectivity index (χ0v) is 10.0. The molecule has 1 atom stereocenters. The van der Waals surface area contributed by atoms with Gasteiger partial charge in [0.1, 0.15) is 0 Å². The smallest absolute Gasteiger partial charge is 0.231 e. The first-order valence-electron chi connectivity index (χ1n) is 5.77. The molecule has 94 valence electrons. The fourth-order valence-electron chi connectivity index (χ4n) is 2.04. The van der Waals surface area contributed by atoms with Gasteiger partial charge in [-0.25, -0.2) is 0 Å². The van der Waals surface area contributed by atoms with E-state index in [1.807, 2.05) is 31.4 Å². The molecule has 2 aromatic rings. The third-order valence-electron chi connectivity index (χ3n) is 2.97. The highest BCUT2D eigenvalue weighted by atomic mass is 16.7. The van der Waals surface area contributed by atoms with E-state index in [2.05, 4.69) is 5.10 Å². The van der Waals surface area contributed by atoms with Crippen LogP contribution in [0.5, 0.6) is 11.5 Å². The Morgan fingerprint density at radius 1 is 1.39 bits per heavy atom. The Bertz CT molecular complexity index is 565. The maximum atomic E-state index is 10.2. The Kier molecular flexibility index (Phi) is 2.68. The molecule has 0 amide bonds. The van der Waals surface area contributed by atoms with Gasteiger partial charge in [-0.1, -0.05) is 6.07 Å². The minimum atomic E-state index is -0.566. The van der Waals surface area contributed by atoms with Crippen LogP contribution in [-0.4, -0.2) is 21.7 Å². The van der Waals surface area contributed by atoms with Crippen LogP contribution >= 0.6 is 0 Å². The molecule has 1 aromatic carbocycles. The molecule has 2 heterocycles. The van der Waals surface area contributed by atoms with E-state index in [0.717, 1.165) is 16.9 Å². The number of nitrogens with zero attached hydrogens (tertiary/aromatic N) is 2. The van der Waals surface area contributed by atoms with Crippen molar-refractivity contribution in [1.29, 1.82) is 0 Å². The average molecular weight is 246 g/mol. The van der Waals surface area contributed by atoms with Crippen molar-refractivity contribution in [3.05, 3.63) is 41.7 Å². The van der Waals surface area contributed by atoms with Crippen LogP contribution in [0.1, 0.15) is 17.2 Å². The zero-order chi connectivity index (χ0) is 12.5. The molecule has 0 fully saturated rings. The lowest BCUT2D eigenvalue weighted by atomic mass is 10.0. The summed E-state index contributed by atoms with van der Waals surface area (Å²) in [5.41, 5.74) is 1.82. The van der Waals surface area contributed by atoms with Gasteiger partial charge in [-0.2, -0.15) is 5.10 Å². The topological polar surface area (TPSA) is 56.5 Å². The minimum Gasteiger partial charge on any atom is -0.454 e. The molecule has 0 spiro atoms. The first-order chi connectivity index (χ1) is 8.72. The highest BCUT2D eigenvalue weighted by Crippen LogP contribution is 2.34. The second-order valence-corrected chi connectivity index (χ2v) is 4.35. The third-order valence-corrected chi connectivity index (χ3v) is 2.97. The summed E-state index contributed by atoms with van der Waals surface area (Å²) in [6, 6.07) is 5.50. The van der Waals surface area contributed by atoms with Crippen LogP contribution in [-0.2, 0) is 13.5 Å². The number of hydrogen-bond donors (Lipinski definition) is 1. The minimum absolute atomic E-state index is 0.248. The molecule has 5 heteroatoms. The standard InChI is InChI=1S/C13H14N2O3/c1-15-7-9(6-14-15)4-11(16)10-2-3-12-13(5-10)18-8-17-12/h2-3,5-7,11,16H,4,8H2,1H3. The molecule has 1 aromatic heterocycles. The van der Waals surface area contributed by atoms with Gasteiger partial charge in [0.15, 0.2) is 11.5 Å². The Hall–Kier alpha value is -2.01. The van der Waals surface area contributed by atoms with Crippen LogP contribution in [0.15, 0.2) is 30.6 Å². The molecule has 1 unspecified atom stereocenters. The van der Waals surface area contributed by atoms with Crippen molar-refractivity contribution in [2.45, 2.75) is 12.5 Å². The molecule has 0 saturated carbocycles. The SMILES string of the molecule is Cn1cc(CC(O)c2ccc3c(c2)OCO3)cn1. The Balaban J connectivity index is 1.78. The Labute approximate surface area is 105 Å². The van der Waals surface area contributed by atoms with E-state index >= 15 is 0 Å². The summed E-state index contributed by atoms with van der Waals surface area (Å²) in [7, 11) is 1.86. The monoisotopic (exact) mass is 246 g/mol. The van der Waals surface area contributed by atoms with Gasteiger partial charge in [-0.15, -0.1) is 0 Å². The van der Waals surface area contributed by atoms with Gasteiger partial charge in [0.2, 0.25) is 6.79 Å². The molecule has 1 aliphatic heterocycles. The largest absolute Gasteiger partial charge is 0.454 e. The van der Waals surface area contributed by atoms with Crippen molar-refractivity contribution in [2.75, 3.05) is 6.79 Å². The van der Waals surface area contributed by atoms with Gasteiger partial charge in [0.25, 0.3) is 0 Å². The number of aliphatic hydroxyl groups is 1. The number of hydrogen-bond acceptors (Lipinski definition) is 4. The first-order valence-corrected chi connectivity index (χ1v) is 5.77. The first kappa shape index (κ1) is 11.1. The number of aliphatic hydroxyl groups excluding tert-OH is 1. The summed E-state index contributed by atoms with van der Waals surface area (Å²) in [6.07, 6.45) is 3.63. The van der Waals surface area contributed by atoms with Gasteiger partial charge < -0.3 is 14.6 Å². The summed E-state index contributed by atoms with van der Waals surface area (Å²) >= 11 is 0. The molecule has 0 aliphatic carbocycles. The highest BCUT2D eigenvalue weighted by molar-refractivity contribution is 5.45. The van der Waals surface area contributed by atoms with Gasteiger partial charge in [-0.05, 0) is 23.3 Å². The van der Waals surface area contributed by atoms with E-state index in [4.69, 9.17) is 9.47 Å². The van der Waals surface area contributed by atoms with Gasteiger partial charge >= 0.3 is 0 Å². The molecular weight excluding hydrogens is 232 g/mol. The van der Waals surface area contributed by atoms with Crippen molar-refractivity contribution in [1.82, 2.24) is 9.78 Å². The van der Waals surface area contributed by atoms with Crippen LogP contribution in [0.25, 0.3) is 0 Å². The van der Waals surface area contributed by atoms with Crippen LogP contribution in [0, 0.1) is 0 Å². The van der Waals surface area contributed by atoms with E-state index in [1.165, 1.54) is 0 Å². The predicted octanol–water partition coefficient (Wildman–Crippen LogP) is 1.42. The lowest BCUT2D eigenvalue weighted by molar-refractivity contribution is 0.171. The van der Waals surface area contributed by atoms with Crippen LogP contribution in [0.2, 0.25) is 0 Å². The fraction of sp³-hybridized carbons (Fsp3) is 0.308. The molecule has 1 aliphatic rings. The average Bonchev–Trinajstić information content (AvgIpc) is 2.96. The van der Waals surface area contributed by atoms with E-state index in [1.54, 1.807) is 10.9 Å². The third kappa shape index (κ3) is 2.04. The van der Waals surface area contributed by atoms with Crippen molar-refractivity contribution >= 4 is 0 Å².